The second-order valence-electron chi connectivity index (χ2n) is 3.02. The lowest BCUT2D eigenvalue weighted by atomic mass is 10.2. The highest BCUT2D eigenvalue weighted by molar-refractivity contribution is 5.80. The maximum atomic E-state index is 10.3. The first-order chi connectivity index (χ1) is 7.72. The third-order valence-corrected chi connectivity index (χ3v) is 1.76. The minimum Gasteiger partial charge on any atom is -0.480 e. The predicted octanol–water partition coefficient (Wildman–Crippen LogP) is 1.55. The first-order valence-corrected chi connectivity index (χ1v) is 4.93. The van der Waals surface area contributed by atoms with Gasteiger partial charge in [-0.1, -0.05) is 17.3 Å². The molecule has 0 saturated carbocycles. The van der Waals surface area contributed by atoms with Gasteiger partial charge in [-0.25, -0.2) is 0 Å². The van der Waals surface area contributed by atoms with Crippen LogP contribution in [-0.4, -0.2) is 30.4 Å². The summed E-state index contributed by atoms with van der Waals surface area (Å²) >= 11 is 0. The molecule has 1 aromatic carbocycles. The highest BCUT2D eigenvalue weighted by Gasteiger charge is 1.96. The molecule has 0 heterocycles. The molecule has 5 heteroatoms. The van der Waals surface area contributed by atoms with Gasteiger partial charge >= 0.3 is 5.97 Å². The average molecular weight is 222 g/mol. The van der Waals surface area contributed by atoms with Gasteiger partial charge in [0.25, 0.3) is 0 Å². The summed E-state index contributed by atoms with van der Waals surface area (Å²) in [7, 11) is 0. The molecule has 0 radical (unpaired) electrons. The summed E-state index contributed by atoms with van der Waals surface area (Å²) in [5.74, 6) is -0.887. The number of benzene rings is 1. The molecule has 5 nitrogen and oxygen atoms in total. The van der Waals surface area contributed by atoms with Crippen molar-refractivity contribution in [3.05, 3.63) is 29.8 Å². The van der Waals surface area contributed by atoms with E-state index in [4.69, 9.17) is 9.94 Å². The third-order valence-electron chi connectivity index (χ3n) is 1.76. The van der Waals surface area contributed by atoms with E-state index >= 15 is 0 Å². The van der Waals surface area contributed by atoms with Crippen molar-refractivity contribution in [2.75, 3.05) is 18.5 Å². The lowest BCUT2D eigenvalue weighted by Gasteiger charge is -2.02. The monoisotopic (exact) mass is 222 g/mol. The maximum Gasteiger partial charge on any atom is 0.322 e. The van der Waals surface area contributed by atoms with Gasteiger partial charge in [0.05, 0.1) is 6.21 Å². The summed E-state index contributed by atoms with van der Waals surface area (Å²) in [6.07, 6.45) is 1.60. The van der Waals surface area contributed by atoms with Gasteiger partial charge in [0.2, 0.25) is 0 Å². The Labute approximate surface area is 93.7 Å². The fourth-order valence-electron chi connectivity index (χ4n) is 1.04. The molecule has 0 fully saturated rings. The van der Waals surface area contributed by atoms with Gasteiger partial charge in [-0.05, 0) is 24.6 Å². The molecule has 0 unspecified atom stereocenters. The van der Waals surface area contributed by atoms with Gasteiger partial charge in [0.1, 0.15) is 13.2 Å². The second kappa shape index (κ2) is 6.44. The SMILES string of the molecule is CCO/N=C/c1ccc(NCC(=O)O)cc1. The Morgan fingerprint density at radius 2 is 2.19 bits per heavy atom. The molecule has 0 aliphatic carbocycles. The van der Waals surface area contributed by atoms with Crippen molar-refractivity contribution < 1.29 is 14.7 Å². The largest absolute Gasteiger partial charge is 0.480 e. The summed E-state index contributed by atoms with van der Waals surface area (Å²) in [4.78, 5) is 15.1. The van der Waals surface area contributed by atoms with Gasteiger partial charge < -0.3 is 15.3 Å². The minimum absolute atomic E-state index is 0.0909. The van der Waals surface area contributed by atoms with Crippen molar-refractivity contribution in [3.63, 3.8) is 0 Å². The third kappa shape index (κ3) is 4.45. The van der Waals surface area contributed by atoms with E-state index in [0.717, 1.165) is 11.3 Å². The highest BCUT2D eigenvalue weighted by Crippen LogP contribution is 2.07. The van der Waals surface area contributed by atoms with Crippen molar-refractivity contribution in [1.82, 2.24) is 0 Å². The molecule has 0 aliphatic heterocycles. The maximum absolute atomic E-state index is 10.3. The Morgan fingerprint density at radius 3 is 2.75 bits per heavy atom. The van der Waals surface area contributed by atoms with Crippen LogP contribution in [0.5, 0.6) is 0 Å². The summed E-state index contributed by atoms with van der Waals surface area (Å²) < 4.78 is 0. The molecular weight excluding hydrogens is 208 g/mol. The molecule has 16 heavy (non-hydrogen) atoms. The Kier molecular flexibility index (Phi) is 4.85. The van der Waals surface area contributed by atoms with Crippen LogP contribution in [0.1, 0.15) is 12.5 Å². The number of hydrogen-bond donors (Lipinski definition) is 2. The van der Waals surface area contributed by atoms with Crippen LogP contribution in [0.3, 0.4) is 0 Å². The zero-order chi connectivity index (χ0) is 11.8. The van der Waals surface area contributed by atoms with Crippen LogP contribution in [0.25, 0.3) is 0 Å². The van der Waals surface area contributed by atoms with Gasteiger partial charge in [-0.15, -0.1) is 0 Å². The molecule has 0 bridgehead atoms. The van der Waals surface area contributed by atoms with E-state index in [0.29, 0.717) is 6.61 Å². The number of nitrogens with zero attached hydrogens (tertiary/aromatic N) is 1. The van der Waals surface area contributed by atoms with E-state index in [1.54, 1.807) is 18.3 Å². The highest BCUT2D eigenvalue weighted by atomic mass is 16.6. The lowest BCUT2D eigenvalue weighted by Crippen LogP contribution is -2.12. The molecule has 0 aliphatic rings. The Hall–Kier alpha value is -2.04. The molecule has 0 saturated heterocycles. The van der Waals surface area contributed by atoms with Gasteiger partial charge in [0.15, 0.2) is 0 Å². The number of hydrogen-bond acceptors (Lipinski definition) is 4. The molecule has 86 valence electrons. The number of nitrogens with one attached hydrogen (secondary N) is 1. The van der Waals surface area contributed by atoms with Crippen molar-refractivity contribution in [2.45, 2.75) is 6.92 Å². The molecule has 1 rings (SSSR count). The zero-order valence-corrected chi connectivity index (χ0v) is 9.01. The second-order valence-corrected chi connectivity index (χ2v) is 3.02. The lowest BCUT2D eigenvalue weighted by molar-refractivity contribution is -0.134. The number of carboxylic acid groups (broad SMARTS) is 1. The van der Waals surface area contributed by atoms with Crippen LogP contribution >= 0.6 is 0 Å². The van der Waals surface area contributed by atoms with Crippen LogP contribution < -0.4 is 5.32 Å². The van der Waals surface area contributed by atoms with Gasteiger partial charge in [-0.3, -0.25) is 4.79 Å². The smallest absolute Gasteiger partial charge is 0.322 e. The topological polar surface area (TPSA) is 70.9 Å². The Balaban J connectivity index is 2.50. The Morgan fingerprint density at radius 1 is 1.50 bits per heavy atom. The standard InChI is InChI=1S/C11H14N2O3/c1-2-16-13-7-9-3-5-10(6-4-9)12-8-11(14)15/h3-7,12H,2,8H2,1H3,(H,14,15)/b13-7+. The Bertz CT molecular complexity index is 360. The summed E-state index contributed by atoms with van der Waals surface area (Å²) in [5.41, 5.74) is 1.66. The van der Waals surface area contributed by atoms with Crippen LogP contribution in [0.15, 0.2) is 29.4 Å². The number of oxime groups is 1. The molecule has 1 aromatic rings. The quantitative estimate of drug-likeness (QED) is 0.566. The number of carbonyl (C=O) groups is 1. The van der Waals surface area contributed by atoms with Crippen molar-refractivity contribution >= 4 is 17.9 Å². The normalized spacial score (nSPS) is 10.3. The van der Waals surface area contributed by atoms with E-state index in [2.05, 4.69) is 10.5 Å². The van der Waals surface area contributed by atoms with Crippen molar-refractivity contribution in [3.8, 4) is 0 Å². The molecule has 0 spiro atoms. The van der Waals surface area contributed by atoms with E-state index in [1.165, 1.54) is 0 Å². The molecular formula is C11H14N2O3. The fourth-order valence-corrected chi connectivity index (χ4v) is 1.04. The van der Waals surface area contributed by atoms with Crippen LogP contribution in [0.2, 0.25) is 0 Å². The van der Waals surface area contributed by atoms with E-state index < -0.39 is 5.97 Å². The van der Waals surface area contributed by atoms with Crippen molar-refractivity contribution in [1.29, 1.82) is 0 Å². The molecule has 0 atom stereocenters. The van der Waals surface area contributed by atoms with Gasteiger partial charge in [0, 0.05) is 5.69 Å². The van der Waals surface area contributed by atoms with E-state index in [-0.39, 0.29) is 6.54 Å². The van der Waals surface area contributed by atoms with Crippen LogP contribution in [-0.2, 0) is 9.63 Å². The number of anilines is 1. The van der Waals surface area contributed by atoms with Crippen molar-refractivity contribution in [2.24, 2.45) is 5.16 Å². The number of carboxylic acids is 1. The first-order valence-electron chi connectivity index (χ1n) is 4.93. The average Bonchev–Trinajstić information content (AvgIpc) is 2.28. The summed E-state index contributed by atoms with van der Waals surface area (Å²) in [6, 6.07) is 7.23. The van der Waals surface area contributed by atoms with Crippen LogP contribution in [0.4, 0.5) is 5.69 Å². The van der Waals surface area contributed by atoms with Crippen LogP contribution in [0, 0.1) is 0 Å². The first kappa shape index (κ1) is 12.0. The number of rotatable bonds is 6. The van der Waals surface area contributed by atoms with Gasteiger partial charge in [-0.2, -0.15) is 0 Å². The number of aliphatic carboxylic acids is 1. The fraction of sp³-hybridized carbons (Fsp3) is 0.273. The molecule has 0 amide bonds. The summed E-state index contributed by atoms with van der Waals surface area (Å²) in [5, 5.41) is 15.0. The van der Waals surface area contributed by atoms with E-state index in [1.807, 2.05) is 19.1 Å². The predicted molar refractivity (Wildman–Crippen MR) is 61.8 cm³/mol. The molecule has 2 N–H and O–H groups in total. The summed E-state index contributed by atoms with van der Waals surface area (Å²) in [6.45, 7) is 2.30. The molecule has 0 aromatic heterocycles. The van der Waals surface area contributed by atoms with E-state index in [9.17, 15) is 4.79 Å². The minimum atomic E-state index is -0.887. The zero-order valence-electron chi connectivity index (χ0n) is 9.01.